The van der Waals surface area contributed by atoms with Gasteiger partial charge in [-0.25, -0.2) is 18.8 Å². The zero-order valence-electron chi connectivity index (χ0n) is 24.6. The second kappa shape index (κ2) is 12.4. The number of hydrogen-bond acceptors (Lipinski definition) is 9. The van der Waals surface area contributed by atoms with E-state index in [-0.39, 0.29) is 38.6 Å². The van der Waals surface area contributed by atoms with Gasteiger partial charge in [-0.05, 0) is 43.2 Å². The summed E-state index contributed by atoms with van der Waals surface area (Å²) in [5, 5.41) is 12.4. The third kappa shape index (κ3) is 6.21. The first-order valence-electron chi connectivity index (χ1n) is 14.8. The van der Waals surface area contributed by atoms with Crippen LogP contribution in [0.2, 0.25) is 0 Å². The van der Waals surface area contributed by atoms with Crippen molar-refractivity contribution in [3.8, 4) is 0 Å². The standard InChI is InChI=1S/C30H37FN4O9/c1-4-18-12-30(18,27(38)39)32-25(36)23-11-20(42-28(40)34-13-17-7-5-10-22(31)21(17)15-34)14-35(23)26(37)24(16(2)3)33-44-29(41)43-19-8-6-9-19/h4-5,7,10,16,18-20,23-24,33H,1,6,8-9,11-15H2,2-3H3,(H,32,36)(H,38,39)/t18-,20-,23+,24?,30?/m1/s1. The van der Waals surface area contributed by atoms with Crippen LogP contribution < -0.4 is 10.8 Å². The molecular formula is C30H37FN4O9. The lowest BCUT2D eigenvalue weighted by atomic mass is 9.96. The van der Waals surface area contributed by atoms with E-state index in [1.54, 1.807) is 26.0 Å². The van der Waals surface area contributed by atoms with Gasteiger partial charge in [0, 0.05) is 24.4 Å². The molecule has 0 bridgehead atoms. The van der Waals surface area contributed by atoms with E-state index in [9.17, 15) is 33.5 Å². The molecule has 0 spiro atoms. The van der Waals surface area contributed by atoms with Crippen molar-refractivity contribution in [2.45, 2.75) is 88.9 Å². The van der Waals surface area contributed by atoms with Gasteiger partial charge in [-0.2, -0.15) is 0 Å². The largest absolute Gasteiger partial charge is 0.528 e. The summed E-state index contributed by atoms with van der Waals surface area (Å²) in [5.74, 6) is -3.90. The molecule has 0 radical (unpaired) electrons. The number of halogens is 1. The summed E-state index contributed by atoms with van der Waals surface area (Å²) >= 11 is 0. The van der Waals surface area contributed by atoms with Gasteiger partial charge < -0.3 is 29.6 Å². The van der Waals surface area contributed by atoms with Gasteiger partial charge in [0.25, 0.3) is 0 Å². The molecule has 2 saturated carbocycles. The molecule has 3 fully saturated rings. The summed E-state index contributed by atoms with van der Waals surface area (Å²) in [6.45, 7) is 7.02. The summed E-state index contributed by atoms with van der Waals surface area (Å²) in [5.41, 5.74) is 1.97. The summed E-state index contributed by atoms with van der Waals surface area (Å²) in [6, 6.07) is 2.30. The second-order valence-electron chi connectivity index (χ2n) is 12.2. The molecule has 2 heterocycles. The molecule has 13 nitrogen and oxygen atoms in total. The molecule has 238 valence electrons. The maximum atomic E-state index is 14.2. The van der Waals surface area contributed by atoms with E-state index in [2.05, 4.69) is 17.4 Å². The highest BCUT2D eigenvalue weighted by Crippen LogP contribution is 2.45. The Morgan fingerprint density at radius 3 is 2.48 bits per heavy atom. The van der Waals surface area contributed by atoms with Crippen LogP contribution in [0.15, 0.2) is 30.9 Å². The molecular weight excluding hydrogens is 579 g/mol. The van der Waals surface area contributed by atoms with Crippen molar-refractivity contribution >= 4 is 30.0 Å². The van der Waals surface area contributed by atoms with Crippen molar-refractivity contribution in [3.05, 3.63) is 47.8 Å². The minimum Gasteiger partial charge on any atom is -0.479 e. The Balaban J connectivity index is 1.29. The Hall–Kier alpha value is -4.20. The third-order valence-electron chi connectivity index (χ3n) is 8.84. The zero-order chi connectivity index (χ0) is 31.8. The molecule has 0 aromatic heterocycles. The van der Waals surface area contributed by atoms with E-state index in [0.717, 1.165) is 19.3 Å². The maximum Gasteiger partial charge on any atom is 0.528 e. The predicted molar refractivity (Wildman–Crippen MR) is 150 cm³/mol. The topological polar surface area (TPSA) is 164 Å². The molecule has 3 amide bonds. The number of carboxylic acids is 1. The number of carboxylic acid groups (broad SMARTS) is 1. The molecule has 4 aliphatic rings. The highest BCUT2D eigenvalue weighted by molar-refractivity contribution is 5.95. The fraction of sp³-hybridized carbons (Fsp3) is 0.567. The summed E-state index contributed by atoms with van der Waals surface area (Å²) in [4.78, 5) is 72.2. The van der Waals surface area contributed by atoms with Crippen molar-refractivity contribution in [2.75, 3.05) is 6.54 Å². The van der Waals surface area contributed by atoms with Crippen LogP contribution in [0, 0.1) is 17.7 Å². The van der Waals surface area contributed by atoms with Crippen molar-refractivity contribution in [1.82, 2.24) is 20.6 Å². The number of nitrogens with zero attached hydrogens (tertiary/aromatic N) is 2. The van der Waals surface area contributed by atoms with E-state index in [1.165, 1.54) is 21.9 Å². The van der Waals surface area contributed by atoms with E-state index >= 15 is 0 Å². The molecule has 44 heavy (non-hydrogen) atoms. The molecule has 1 aromatic carbocycles. The first kappa shape index (κ1) is 31.2. The molecule has 5 rings (SSSR count). The van der Waals surface area contributed by atoms with Gasteiger partial charge in [0.2, 0.25) is 11.8 Å². The molecule has 1 aromatic rings. The Kier molecular flexibility index (Phi) is 8.82. The van der Waals surface area contributed by atoms with Gasteiger partial charge in [-0.3, -0.25) is 14.5 Å². The maximum absolute atomic E-state index is 14.2. The van der Waals surface area contributed by atoms with Crippen LogP contribution in [0.4, 0.5) is 14.0 Å². The van der Waals surface area contributed by atoms with E-state index in [4.69, 9.17) is 14.3 Å². The van der Waals surface area contributed by atoms with Crippen molar-refractivity contribution < 1.29 is 47.8 Å². The fourth-order valence-corrected chi connectivity index (χ4v) is 5.83. The van der Waals surface area contributed by atoms with Gasteiger partial charge in [0.1, 0.15) is 35.6 Å². The smallest absolute Gasteiger partial charge is 0.479 e. The van der Waals surface area contributed by atoms with Gasteiger partial charge in [-0.15, -0.1) is 12.1 Å². The van der Waals surface area contributed by atoms with Gasteiger partial charge >= 0.3 is 18.2 Å². The molecule has 5 atom stereocenters. The molecule has 2 aliphatic carbocycles. The number of likely N-dealkylation sites (tertiary alicyclic amines) is 1. The lowest BCUT2D eigenvalue weighted by molar-refractivity contribution is -0.147. The molecule has 2 aliphatic heterocycles. The number of benzene rings is 1. The number of ether oxygens (including phenoxy) is 2. The average Bonchev–Trinajstić information content (AvgIpc) is 3.26. The number of rotatable bonds is 10. The average molecular weight is 617 g/mol. The van der Waals surface area contributed by atoms with E-state index in [0.29, 0.717) is 11.1 Å². The monoisotopic (exact) mass is 616 g/mol. The number of fused-ring (bicyclic) bond motifs is 1. The van der Waals surface area contributed by atoms with Crippen LogP contribution in [-0.4, -0.2) is 81.3 Å². The van der Waals surface area contributed by atoms with E-state index < -0.39 is 71.4 Å². The number of carbonyl (C=O) groups excluding carboxylic acids is 4. The van der Waals surface area contributed by atoms with Crippen molar-refractivity contribution in [3.63, 3.8) is 0 Å². The van der Waals surface area contributed by atoms with Crippen LogP contribution in [-0.2, 0) is 41.8 Å². The number of aliphatic carboxylic acids is 1. The summed E-state index contributed by atoms with van der Waals surface area (Å²) < 4.78 is 25.1. The van der Waals surface area contributed by atoms with Crippen molar-refractivity contribution in [1.29, 1.82) is 0 Å². The zero-order valence-corrected chi connectivity index (χ0v) is 24.6. The first-order valence-corrected chi connectivity index (χ1v) is 14.8. The first-order chi connectivity index (χ1) is 20.9. The number of hydroxylamine groups is 1. The predicted octanol–water partition coefficient (Wildman–Crippen LogP) is 2.63. The fourth-order valence-electron chi connectivity index (χ4n) is 5.83. The van der Waals surface area contributed by atoms with Gasteiger partial charge in [0.05, 0.1) is 13.1 Å². The minimum atomic E-state index is -1.54. The van der Waals surface area contributed by atoms with Crippen molar-refractivity contribution in [2.24, 2.45) is 11.8 Å². The van der Waals surface area contributed by atoms with Gasteiger partial charge in [-0.1, -0.05) is 32.1 Å². The lowest BCUT2D eigenvalue weighted by Crippen LogP contribution is -2.57. The van der Waals surface area contributed by atoms with Crippen LogP contribution >= 0.6 is 0 Å². The van der Waals surface area contributed by atoms with Crippen LogP contribution in [0.5, 0.6) is 0 Å². The Morgan fingerprint density at radius 2 is 1.89 bits per heavy atom. The normalized spacial score (nSPS) is 26.3. The van der Waals surface area contributed by atoms with Crippen LogP contribution in [0.3, 0.4) is 0 Å². The van der Waals surface area contributed by atoms with Gasteiger partial charge in [0.15, 0.2) is 0 Å². The number of hydrogen-bond donors (Lipinski definition) is 3. The molecule has 2 unspecified atom stereocenters. The Bertz CT molecular complexity index is 1350. The quantitative estimate of drug-likeness (QED) is 0.202. The minimum absolute atomic E-state index is 0.0117. The lowest BCUT2D eigenvalue weighted by Gasteiger charge is -2.30. The molecule has 3 N–H and O–H groups in total. The third-order valence-corrected chi connectivity index (χ3v) is 8.84. The summed E-state index contributed by atoms with van der Waals surface area (Å²) in [7, 11) is 0. The molecule has 14 heteroatoms. The number of carbonyl (C=O) groups is 5. The number of amides is 3. The second-order valence-corrected chi connectivity index (χ2v) is 12.2. The number of nitrogens with one attached hydrogen (secondary N) is 2. The Morgan fingerprint density at radius 1 is 1.14 bits per heavy atom. The van der Waals surface area contributed by atoms with E-state index in [1.807, 2.05) is 0 Å². The highest BCUT2D eigenvalue weighted by atomic mass is 19.1. The summed E-state index contributed by atoms with van der Waals surface area (Å²) in [6.07, 6.45) is 1.02. The van der Waals surface area contributed by atoms with Crippen LogP contribution in [0.25, 0.3) is 0 Å². The highest BCUT2D eigenvalue weighted by Gasteiger charge is 2.61. The van der Waals surface area contributed by atoms with Crippen LogP contribution in [0.1, 0.15) is 57.1 Å². The Labute approximate surface area is 253 Å². The SMILES string of the molecule is C=C[C@@H]1CC1(NC(=O)[C@@H]1C[C@@H](OC(=O)N2Cc3cccc(F)c3C2)CN1C(=O)C(NOC(=O)OC1CCC1)C(C)C)C(=O)O. The molecule has 1 saturated heterocycles.